The van der Waals surface area contributed by atoms with Crippen molar-refractivity contribution < 1.29 is 9.18 Å². The second-order valence-electron chi connectivity index (χ2n) is 7.97. The van der Waals surface area contributed by atoms with Crippen LogP contribution in [0, 0.1) is 19.7 Å². The van der Waals surface area contributed by atoms with Gasteiger partial charge in [-0.25, -0.2) is 9.07 Å². The molecule has 1 N–H and O–H groups in total. The molecule has 0 radical (unpaired) electrons. The van der Waals surface area contributed by atoms with E-state index in [1.807, 2.05) is 32.9 Å². The summed E-state index contributed by atoms with van der Waals surface area (Å²) in [5.41, 5.74) is 4.10. The minimum atomic E-state index is -0.371. The first kappa shape index (κ1) is 22.4. The number of benzene rings is 1. The molecular formula is C25H26FN5O2. The van der Waals surface area contributed by atoms with Gasteiger partial charge in [0.05, 0.1) is 11.4 Å². The van der Waals surface area contributed by atoms with E-state index in [2.05, 4.69) is 15.4 Å². The van der Waals surface area contributed by atoms with Crippen LogP contribution in [0.3, 0.4) is 0 Å². The lowest BCUT2D eigenvalue weighted by Crippen LogP contribution is -2.28. The summed E-state index contributed by atoms with van der Waals surface area (Å²) in [5.74, 6) is -0.502. The zero-order valence-corrected chi connectivity index (χ0v) is 18.9. The molecule has 4 aromatic rings. The molecule has 0 saturated carbocycles. The van der Waals surface area contributed by atoms with Crippen LogP contribution in [0.1, 0.15) is 35.7 Å². The molecule has 0 bridgehead atoms. The van der Waals surface area contributed by atoms with Crippen molar-refractivity contribution in [3.8, 4) is 5.69 Å². The fraction of sp³-hybridized carbons (Fsp3) is 0.280. The van der Waals surface area contributed by atoms with E-state index in [0.717, 1.165) is 22.2 Å². The van der Waals surface area contributed by atoms with Gasteiger partial charge in [-0.3, -0.25) is 19.1 Å². The fourth-order valence-electron chi connectivity index (χ4n) is 4.18. The van der Waals surface area contributed by atoms with E-state index < -0.39 is 0 Å². The van der Waals surface area contributed by atoms with E-state index in [1.165, 1.54) is 12.1 Å². The molecule has 0 aliphatic heterocycles. The molecule has 1 aromatic carbocycles. The van der Waals surface area contributed by atoms with Crippen molar-refractivity contribution in [2.45, 2.75) is 46.7 Å². The van der Waals surface area contributed by atoms with Gasteiger partial charge in [0.25, 0.3) is 5.56 Å². The second-order valence-corrected chi connectivity index (χ2v) is 7.97. The molecule has 0 spiro atoms. The molecule has 170 valence electrons. The number of carbonyl (C=O) groups is 1. The van der Waals surface area contributed by atoms with Crippen LogP contribution in [0.25, 0.3) is 16.7 Å². The Morgan fingerprint density at radius 2 is 2.00 bits per heavy atom. The fourth-order valence-corrected chi connectivity index (χ4v) is 4.18. The molecule has 0 unspecified atom stereocenters. The van der Waals surface area contributed by atoms with Crippen molar-refractivity contribution in [3.05, 3.63) is 87.3 Å². The van der Waals surface area contributed by atoms with Gasteiger partial charge in [-0.05, 0) is 62.6 Å². The molecule has 0 atom stereocenters. The van der Waals surface area contributed by atoms with Crippen molar-refractivity contribution in [1.29, 1.82) is 0 Å². The number of carbonyl (C=O) groups excluding carboxylic acids is 1. The van der Waals surface area contributed by atoms with Crippen molar-refractivity contribution in [2.24, 2.45) is 0 Å². The Morgan fingerprint density at radius 1 is 1.18 bits per heavy atom. The Kier molecular flexibility index (Phi) is 6.35. The van der Waals surface area contributed by atoms with Crippen LogP contribution >= 0.6 is 0 Å². The van der Waals surface area contributed by atoms with Crippen molar-refractivity contribution in [3.63, 3.8) is 0 Å². The summed E-state index contributed by atoms with van der Waals surface area (Å²) < 4.78 is 17.1. The van der Waals surface area contributed by atoms with E-state index in [-0.39, 0.29) is 23.7 Å². The van der Waals surface area contributed by atoms with Crippen LogP contribution < -0.4 is 10.9 Å². The number of nitrogens with zero attached hydrogens (tertiary/aromatic N) is 4. The maximum Gasteiger partial charge on any atom is 0.255 e. The number of aryl methyl sites for hydroxylation is 3. The summed E-state index contributed by atoms with van der Waals surface area (Å²) in [7, 11) is 0. The highest BCUT2D eigenvalue weighted by molar-refractivity contribution is 5.85. The molecule has 0 aliphatic carbocycles. The number of halogens is 1. The number of hydrogen-bond acceptors (Lipinski definition) is 4. The zero-order chi connectivity index (χ0) is 23.5. The van der Waals surface area contributed by atoms with Gasteiger partial charge in [-0.1, -0.05) is 12.1 Å². The van der Waals surface area contributed by atoms with Crippen LogP contribution in [0.5, 0.6) is 0 Å². The summed E-state index contributed by atoms with van der Waals surface area (Å²) in [5, 5.41) is 8.35. The molecule has 0 saturated heterocycles. The number of amides is 1. The first-order chi connectivity index (χ1) is 15.9. The summed E-state index contributed by atoms with van der Waals surface area (Å²) in [6.45, 7) is 6.47. The Labute approximate surface area is 190 Å². The van der Waals surface area contributed by atoms with Gasteiger partial charge in [-0.15, -0.1) is 0 Å². The molecule has 0 fully saturated rings. The predicted octanol–water partition coefficient (Wildman–Crippen LogP) is 3.61. The first-order valence-electron chi connectivity index (χ1n) is 10.9. The summed E-state index contributed by atoms with van der Waals surface area (Å²) >= 11 is 0. The first-order valence-corrected chi connectivity index (χ1v) is 10.9. The highest BCUT2D eigenvalue weighted by Crippen LogP contribution is 2.26. The summed E-state index contributed by atoms with van der Waals surface area (Å²) in [6, 6.07) is 9.86. The average molecular weight is 448 g/mol. The van der Waals surface area contributed by atoms with Gasteiger partial charge < -0.3 is 5.32 Å². The lowest BCUT2D eigenvalue weighted by Gasteiger charge is -2.14. The third-order valence-electron chi connectivity index (χ3n) is 5.81. The van der Waals surface area contributed by atoms with Gasteiger partial charge in [-0.2, -0.15) is 5.10 Å². The Morgan fingerprint density at radius 3 is 2.70 bits per heavy atom. The number of hydrogen-bond donors (Lipinski definition) is 1. The maximum atomic E-state index is 13.9. The summed E-state index contributed by atoms with van der Waals surface area (Å²) in [4.78, 5) is 29.9. The number of aromatic nitrogens is 4. The standard InChI is InChI=1S/C25H26FN5O2/c1-4-30-24-23(17(3)29-31(24)20-9-5-8-19(26)13-20)16(2)21(25(30)33)10-11-22(32)28-15-18-7-6-12-27-14-18/h5-9,12-14H,4,10-11,15H2,1-3H3,(H,28,32). The Balaban J connectivity index is 1.67. The minimum Gasteiger partial charge on any atom is -0.352 e. The highest BCUT2D eigenvalue weighted by atomic mass is 19.1. The van der Waals surface area contributed by atoms with Crippen molar-refractivity contribution in [2.75, 3.05) is 0 Å². The van der Waals surface area contributed by atoms with E-state index in [1.54, 1.807) is 33.8 Å². The molecule has 8 heteroatoms. The number of pyridine rings is 2. The summed E-state index contributed by atoms with van der Waals surface area (Å²) in [6.07, 6.45) is 3.91. The molecule has 0 aliphatic rings. The van der Waals surface area contributed by atoms with Gasteiger partial charge in [0.2, 0.25) is 5.91 Å². The monoisotopic (exact) mass is 447 g/mol. The van der Waals surface area contributed by atoms with E-state index in [9.17, 15) is 14.0 Å². The van der Waals surface area contributed by atoms with Gasteiger partial charge in [0.1, 0.15) is 11.5 Å². The van der Waals surface area contributed by atoms with Crippen LogP contribution in [0.15, 0.2) is 53.6 Å². The molecule has 3 heterocycles. The van der Waals surface area contributed by atoms with Gasteiger partial charge >= 0.3 is 0 Å². The van der Waals surface area contributed by atoms with Crippen molar-refractivity contribution in [1.82, 2.24) is 24.6 Å². The highest BCUT2D eigenvalue weighted by Gasteiger charge is 2.21. The molecule has 4 rings (SSSR count). The van der Waals surface area contributed by atoms with Crippen LogP contribution in [0.2, 0.25) is 0 Å². The lowest BCUT2D eigenvalue weighted by molar-refractivity contribution is -0.121. The quantitative estimate of drug-likeness (QED) is 0.469. The topological polar surface area (TPSA) is 81.8 Å². The molecule has 3 aromatic heterocycles. The smallest absolute Gasteiger partial charge is 0.255 e. The normalized spacial score (nSPS) is 11.2. The molecule has 7 nitrogen and oxygen atoms in total. The minimum absolute atomic E-state index is 0.132. The predicted molar refractivity (Wildman–Crippen MR) is 125 cm³/mol. The number of rotatable bonds is 7. The van der Waals surface area contributed by atoms with Crippen LogP contribution in [-0.2, 0) is 24.3 Å². The second kappa shape index (κ2) is 9.36. The SMILES string of the molecule is CCn1c(=O)c(CCC(=O)NCc2cccnc2)c(C)c2c(C)nn(-c3cccc(F)c3)c21. The Bertz CT molecular complexity index is 1380. The van der Waals surface area contributed by atoms with Gasteiger partial charge in [0.15, 0.2) is 0 Å². The average Bonchev–Trinajstić information content (AvgIpc) is 3.15. The zero-order valence-electron chi connectivity index (χ0n) is 18.9. The molecule has 33 heavy (non-hydrogen) atoms. The third-order valence-corrected chi connectivity index (χ3v) is 5.81. The number of nitrogens with one attached hydrogen (secondary N) is 1. The van der Waals surface area contributed by atoms with Crippen LogP contribution in [0.4, 0.5) is 4.39 Å². The maximum absolute atomic E-state index is 13.9. The van der Waals surface area contributed by atoms with E-state index in [0.29, 0.717) is 36.4 Å². The van der Waals surface area contributed by atoms with Crippen LogP contribution in [-0.4, -0.2) is 25.2 Å². The third kappa shape index (κ3) is 4.41. The largest absolute Gasteiger partial charge is 0.352 e. The van der Waals surface area contributed by atoms with E-state index >= 15 is 0 Å². The Hall–Kier alpha value is -3.81. The van der Waals surface area contributed by atoms with E-state index in [4.69, 9.17) is 0 Å². The van der Waals surface area contributed by atoms with Gasteiger partial charge in [0, 0.05) is 42.9 Å². The van der Waals surface area contributed by atoms with Crippen molar-refractivity contribution >= 4 is 16.9 Å². The molecule has 1 amide bonds. The lowest BCUT2D eigenvalue weighted by atomic mass is 10.0. The number of fused-ring (bicyclic) bond motifs is 1. The molecular weight excluding hydrogens is 421 g/mol.